The fourth-order valence-corrected chi connectivity index (χ4v) is 0. The third kappa shape index (κ3) is 5590. The van der Waals surface area contributed by atoms with Gasteiger partial charge in [0, 0.05) is 0 Å². The van der Waals surface area contributed by atoms with E-state index in [0.29, 0.717) is 0 Å². The molecule has 0 aliphatic carbocycles. The summed E-state index contributed by atoms with van der Waals surface area (Å²) in [6, 6.07) is 0. The van der Waals surface area contributed by atoms with Crippen molar-refractivity contribution in [3.63, 3.8) is 0 Å². The van der Waals surface area contributed by atoms with Gasteiger partial charge in [-0.3, -0.25) is 0 Å². The van der Waals surface area contributed by atoms with Gasteiger partial charge < -0.3 is 36.1 Å². The summed E-state index contributed by atoms with van der Waals surface area (Å²) < 4.78 is 0. The van der Waals surface area contributed by atoms with Crippen molar-refractivity contribution in [1.82, 2.24) is 0 Å². The molecule has 0 bridgehead atoms. The predicted octanol–water partition coefficient (Wildman–Crippen LogP) is -7.29. The normalized spacial score (nSPS) is 4.36. The molecule has 0 saturated carbocycles. The standard InChI is InChI=1S/2NO3.2Na.H2O/c2*2-1(3)4;;;/h;;;;1H2/q2*-1;2*+1;. The third-order valence-electron chi connectivity index (χ3n) is 0. The predicted molar refractivity (Wildman–Crippen MR) is 24.3 cm³/mol. The number of hydrogen-bond donors (Lipinski definition) is 0. The van der Waals surface area contributed by atoms with Crippen LogP contribution in [-0.2, 0) is 0 Å². The van der Waals surface area contributed by atoms with Gasteiger partial charge in [-0.15, -0.1) is 0 Å². The van der Waals surface area contributed by atoms with Crippen LogP contribution in [0, 0.1) is 30.6 Å². The van der Waals surface area contributed by atoms with Gasteiger partial charge in [-0.25, -0.2) is 0 Å². The number of rotatable bonds is 0. The van der Waals surface area contributed by atoms with Gasteiger partial charge in [-0.05, 0) is 0 Å². The van der Waals surface area contributed by atoms with Crippen molar-refractivity contribution in [2.45, 2.75) is 0 Å². The van der Waals surface area contributed by atoms with E-state index in [0.717, 1.165) is 0 Å². The fraction of sp³-hybridized carbons (Fsp3) is 0. The van der Waals surface area contributed by atoms with E-state index in [-0.39, 0.29) is 64.6 Å². The molecule has 0 aromatic carbocycles. The zero-order valence-corrected chi connectivity index (χ0v) is 9.84. The molecule has 0 radical (unpaired) electrons. The van der Waals surface area contributed by atoms with Crippen molar-refractivity contribution < 1.29 is 74.8 Å². The molecule has 0 rings (SSSR count). The first-order valence-corrected chi connectivity index (χ1v) is 1.10. The molecular weight excluding hydrogens is 186 g/mol. The van der Waals surface area contributed by atoms with Crippen LogP contribution in [0.3, 0.4) is 0 Å². The zero-order valence-electron chi connectivity index (χ0n) is 5.84. The maximum Gasteiger partial charge on any atom is 1.00 e. The van der Waals surface area contributed by atoms with Crippen LogP contribution >= 0.6 is 0 Å². The summed E-state index contributed by atoms with van der Waals surface area (Å²) >= 11 is 0. The average Bonchev–Trinajstić information content (AvgIpc) is 1.25. The van der Waals surface area contributed by atoms with E-state index in [1.54, 1.807) is 0 Å². The van der Waals surface area contributed by atoms with Crippen LogP contribution in [0.15, 0.2) is 0 Å². The molecule has 56 valence electrons. The van der Waals surface area contributed by atoms with Crippen LogP contribution in [0.25, 0.3) is 0 Å². The molecule has 0 amide bonds. The minimum atomic E-state index is -1.75. The fourth-order valence-electron chi connectivity index (χ4n) is 0. The van der Waals surface area contributed by atoms with E-state index in [1.165, 1.54) is 0 Å². The van der Waals surface area contributed by atoms with Crippen LogP contribution in [0.5, 0.6) is 0 Å². The van der Waals surface area contributed by atoms with Gasteiger partial charge in [0.15, 0.2) is 0 Å². The van der Waals surface area contributed by atoms with Crippen LogP contribution in [0.4, 0.5) is 0 Å². The Kier molecular flexibility index (Phi) is 61.5. The molecule has 0 aliphatic heterocycles. The topological polar surface area (TPSA) is 164 Å². The first-order valence-electron chi connectivity index (χ1n) is 1.10. The van der Waals surface area contributed by atoms with Gasteiger partial charge in [-0.2, -0.15) is 0 Å². The Labute approximate surface area is 104 Å². The molecule has 0 spiro atoms. The van der Waals surface area contributed by atoms with Crippen molar-refractivity contribution in [2.24, 2.45) is 0 Å². The monoisotopic (exact) mass is 188 g/mol. The van der Waals surface area contributed by atoms with E-state index < -0.39 is 10.2 Å². The molecule has 0 unspecified atom stereocenters. The van der Waals surface area contributed by atoms with Crippen LogP contribution in [-0.4, -0.2) is 15.6 Å². The van der Waals surface area contributed by atoms with Gasteiger partial charge >= 0.3 is 59.1 Å². The Hall–Kier alpha value is 0.360. The van der Waals surface area contributed by atoms with Crippen molar-refractivity contribution in [2.75, 3.05) is 0 Å². The van der Waals surface area contributed by atoms with Gasteiger partial charge in [0.2, 0.25) is 0 Å². The van der Waals surface area contributed by atoms with Gasteiger partial charge in [-0.1, -0.05) is 0 Å². The molecule has 0 saturated heterocycles. The summed E-state index contributed by atoms with van der Waals surface area (Å²) in [6.45, 7) is 0. The summed E-state index contributed by atoms with van der Waals surface area (Å²) in [6.07, 6.45) is 0. The largest absolute Gasteiger partial charge is 1.00 e. The van der Waals surface area contributed by atoms with Crippen LogP contribution in [0.1, 0.15) is 0 Å². The molecule has 0 aromatic heterocycles. The zero-order chi connectivity index (χ0) is 7.15. The molecule has 9 nitrogen and oxygen atoms in total. The Bertz CT molecular complexity index is 72.4. The Morgan fingerprint density at radius 1 is 0.727 bits per heavy atom. The summed E-state index contributed by atoms with van der Waals surface area (Å²) in [5.41, 5.74) is 0. The maximum absolute atomic E-state index is 8.25. The molecule has 0 heterocycles. The molecular formula is H2N2Na2O7. The molecule has 0 atom stereocenters. The molecule has 0 aromatic rings. The van der Waals surface area contributed by atoms with Gasteiger partial charge in [0.1, 0.15) is 0 Å². The molecule has 11 heavy (non-hydrogen) atoms. The maximum atomic E-state index is 8.25. The van der Waals surface area contributed by atoms with E-state index in [4.69, 9.17) is 30.6 Å². The minimum absolute atomic E-state index is 0. The van der Waals surface area contributed by atoms with Crippen LogP contribution in [0.2, 0.25) is 0 Å². The Morgan fingerprint density at radius 2 is 0.727 bits per heavy atom. The molecule has 2 N–H and O–H groups in total. The second-order valence-electron chi connectivity index (χ2n) is 0.447. The van der Waals surface area contributed by atoms with Gasteiger partial charge in [0.05, 0.1) is 10.2 Å². The minimum Gasteiger partial charge on any atom is -0.412 e. The first kappa shape index (κ1) is 30.1. The summed E-state index contributed by atoms with van der Waals surface area (Å²) in [5, 5.41) is 29.5. The molecule has 11 heteroatoms. The Balaban J connectivity index is -0.0000000171. The van der Waals surface area contributed by atoms with Crippen molar-refractivity contribution in [3.05, 3.63) is 30.6 Å². The quantitative estimate of drug-likeness (QED) is 0.208. The second kappa shape index (κ2) is 22.4. The van der Waals surface area contributed by atoms with Gasteiger partial charge in [0.25, 0.3) is 0 Å². The molecule has 0 fully saturated rings. The number of nitrogens with zero attached hydrogens (tertiary/aromatic N) is 2. The number of hydrogen-bond acceptors (Lipinski definition) is 6. The summed E-state index contributed by atoms with van der Waals surface area (Å²) in [4.78, 5) is 16.5. The smallest absolute Gasteiger partial charge is 0.412 e. The van der Waals surface area contributed by atoms with Crippen molar-refractivity contribution in [1.29, 1.82) is 0 Å². The van der Waals surface area contributed by atoms with E-state index in [1.807, 2.05) is 0 Å². The molecule has 0 aliphatic rings. The third-order valence-corrected chi connectivity index (χ3v) is 0. The average molecular weight is 188 g/mol. The Morgan fingerprint density at radius 3 is 0.727 bits per heavy atom. The summed E-state index contributed by atoms with van der Waals surface area (Å²) in [7, 11) is 0. The van der Waals surface area contributed by atoms with E-state index in [9.17, 15) is 0 Å². The van der Waals surface area contributed by atoms with E-state index >= 15 is 0 Å². The second-order valence-corrected chi connectivity index (χ2v) is 0.447. The van der Waals surface area contributed by atoms with Crippen molar-refractivity contribution >= 4 is 0 Å². The first-order chi connectivity index (χ1) is 3.46. The van der Waals surface area contributed by atoms with Crippen LogP contribution < -0.4 is 59.1 Å². The SMILES string of the molecule is O.O=[N+]([O-])[O-].O=[N+]([O-])[O-].[Na+].[Na+]. The van der Waals surface area contributed by atoms with E-state index in [2.05, 4.69) is 0 Å². The summed E-state index contributed by atoms with van der Waals surface area (Å²) in [5.74, 6) is 0. The van der Waals surface area contributed by atoms with Crippen molar-refractivity contribution in [3.8, 4) is 0 Å².